The van der Waals surface area contributed by atoms with Crippen LogP contribution in [0, 0.1) is 13.8 Å². The van der Waals surface area contributed by atoms with E-state index < -0.39 is 0 Å². The minimum absolute atomic E-state index is 0.0894. The summed E-state index contributed by atoms with van der Waals surface area (Å²) in [4.78, 5) is 59.8. The van der Waals surface area contributed by atoms with Crippen molar-refractivity contribution in [2.24, 2.45) is 7.05 Å². The predicted molar refractivity (Wildman–Crippen MR) is 254 cm³/mol. The average Bonchev–Trinajstić information content (AvgIpc) is 4.00. The minimum Gasteiger partial charge on any atom is -0.455 e. The van der Waals surface area contributed by atoms with Crippen LogP contribution in [0.25, 0.3) is 45.0 Å². The van der Waals surface area contributed by atoms with Crippen molar-refractivity contribution in [3.63, 3.8) is 0 Å². The number of aryl methyl sites for hydroxylation is 4. The summed E-state index contributed by atoms with van der Waals surface area (Å²) in [5.74, 6) is 3.74. The first-order valence-corrected chi connectivity index (χ1v) is 22.5. The molecule has 0 saturated carbocycles. The van der Waals surface area contributed by atoms with E-state index in [1.807, 2.05) is 62.2 Å². The minimum atomic E-state index is -0.123. The van der Waals surface area contributed by atoms with Gasteiger partial charge >= 0.3 is 0 Å². The third-order valence-electron chi connectivity index (χ3n) is 12.1. The molecule has 0 fully saturated rings. The van der Waals surface area contributed by atoms with Crippen LogP contribution in [0.3, 0.4) is 0 Å². The van der Waals surface area contributed by atoms with E-state index in [0.29, 0.717) is 95.0 Å². The molecule has 2 aliphatic heterocycles. The summed E-state index contributed by atoms with van der Waals surface area (Å²) in [7, 11) is 1.86. The highest BCUT2D eigenvalue weighted by atomic mass is 16.5. The van der Waals surface area contributed by atoms with E-state index >= 15 is 0 Å². The molecule has 10 heterocycles. The molecule has 0 unspecified atom stereocenters. The molecule has 18 nitrogen and oxygen atoms in total. The molecule has 67 heavy (non-hydrogen) atoms. The molecule has 0 spiro atoms. The molecule has 8 aromatic heterocycles. The molecule has 0 aromatic carbocycles. The molecule has 10 rings (SSSR count). The molecule has 0 saturated heterocycles. The molecule has 2 aliphatic rings. The Morgan fingerprint density at radius 3 is 1.76 bits per heavy atom. The molecule has 0 amide bonds. The van der Waals surface area contributed by atoms with Crippen molar-refractivity contribution in [1.82, 2.24) is 58.6 Å². The molecule has 18 heteroatoms. The highest BCUT2D eigenvalue weighted by Gasteiger charge is 2.25. The topological polar surface area (TPSA) is 182 Å². The van der Waals surface area contributed by atoms with Crippen LogP contribution in [0.15, 0.2) is 108 Å². The Labute approximate surface area is 386 Å². The highest BCUT2D eigenvalue weighted by molar-refractivity contribution is 5.63. The zero-order valence-electron chi connectivity index (χ0n) is 38.1. The summed E-state index contributed by atoms with van der Waals surface area (Å²) >= 11 is 0. The zero-order valence-corrected chi connectivity index (χ0v) is 38.1. The number of rotatable bonds is 13. The molecular formula is C49H50N14O4. The molecule has 8 aromatic rings. The molecule has 0 radical (unpaired) electrons. The van der Waals surface area contributed by atoms with Crippen LogP contribution in [0.2, 0.25) is 0 Å². The van der Waals surface area contributed by atoms with Crippen LogP contribution in [0.4, 0.5) is 11.9 Å². The quantitative estimate of drug-likeness (QED) is 0.114. The average molecular weight is 899 g/mol. The fourth-order valence-electron chi connectivity index (χ4n) is 8.65. The van der Waals surface area contributed by atoms with Crippen molar-refractivity contribution in [3.05, 3.63) is 130 Å². The van der Waals surface area contributed by atoms with Gasteiger partial charge in [-0.25, -0.2) is 19.9 Å². The van der Waals surface area contributed by atoms with Gasteiger partial charge in [-0.3, -0.25) is 38.1 Å². The number of anilines is 2. The molecule has 340 valence electrons. The lowest BCUT2D eigenvalue weighted by atomic mass is 10.2. The van der Waals surface area contributed by atoms with Crippen molar-refractivity contribution >= 4 is 11.9 Å². The Morgan fingerprint density at radius 1 is 0.612 bits per heavy atom. The van der Waals surface area contributed by atoms with Gasteiger partial charge in [0.05, 0.1) is 57.7 Å². The van der Waals surface area contributed by atoms with Crippen LogP contribution >= 0.6 is 0 Å². The SMILES string of the molecule is Cc1nc(-c2cnc3n(c2=O)CCCN3CCCn2cc(-c3cc(Oc4ccc(-c5cnc6n(c5=O)CCCN6C(C)C)nc4C)ccn3)cn2)ccc1Oc1ccnc(-c2cnn(C)c2)c1. The number of ether oxygens (including phenoxy) is 2. The van der Waals surface area contributed by atoms with E-state index in [2.05, 4.69) is 48.8 Å². The van der Waals surface area contributed by atoms with E-state index in [9.17, 15) is 9.59 Å². The Hall–Kier alpha value is -8.02. The van der Waals surface area contributed by atoms with Gasteiger partial charge in [0, 0.05) is 113 Å². The maximum atomic E-state index is 13.9. The maximum Gasteiger partial charge on any atom is 0.264 e. The van der Waals surface area contributed by atoms with E-state index in [-0.39, 0.29) is 17.2 Å². The lowest BCUT2D eigenvalue weighted by Gasteiger charge is -2.33. The number of hydrogen-bond acceptors (Lipinski definition) is 14. The second-order valence-corrected chi connectivity index (χ2v) is 17.1. The fraction of sp³-hybridized carbons (Fsp3) is 0.306. The van der Waals surface area contributed by atoms with Gasteiger partial charge in [0.2, 0.25) is 11.9 Å². The van der Waals surface area contributed by atoms with Crippen molar-refractivity contribution in [2.45, 2.75) is 72.6 Å². The number of hydrogen-bond donors (Lipinski definition) is 0. The van der Waals surface area contributed by atoms with Gasteiger partial charge in [-0.05, 0) is 83.4 Å². The van der Waals surface area contributed by atoms with Gasteiger partial charge in [0.15, 0.2) is 0 Å². The third-order valence-corrected chi connectivity index (χ3v) is 12.1. The van der Waals surface area contributed by atoms with Crippen molar-refractivity contribution in [1.29, 1.82) is 0 Å². The van der Waals surface area contributed by atoms with Gasteiger partial charge < -0.3 is 19.3 Å². The number of aromatic nitrogens is 12. The van der Waals surface area contributed by atoms with Crippen molar-refractivity contribution in [2.75, 3.05) is 29.4 Å². The summed E-state index contributed by atoms with van der Waals surface area (Å²) in [5.41, 5.74) is 6.29. The normalized spacial score (nSPS) is 13.5. The second kappa shape index (κ2) is 18.1. The lowest BCUT2D eigenvalue weighted by molar-refractivity contribution is 0.475. The van der Waals surface area contributed by atoms with Crippen molar-refractivity contribution < 1.29 is 9.47 Å². The van der Waals surface area contributed by atoms with E-state index in [1.54, 1.807) is 75.3 Å². The second-order valence-electron chi connectivity index (χ2n) is 17.1. The highest BCUT2D eigenvalue weighted by Crippen LogP contribution is 2.31. The fourth-order valence-corrected chi connectivity index (χ4v) is 8.65. The smallest absolute Gasteiger partial charge is 0.264 e. The molecular weight excluding hydrogens is 849 g/mol. The number of pyridine rings is 4. The largest absolute Gasteiger partial charge is 0.455 e. The van der Waals surface area contributed by atoms with Gasteiger partial charge in [0.25, 0.3) is 11.1 Å². The van der Waals surface area contributed by atoms with E-state index in [1.165, 1.54) is 0 Å². The van der Waals surface area contributed by atoms with Crippen LogP contribution in [0.1, 0.15) is 44.5 Å². The molecule has 0 atom stereocenters. The first-order valence-electron chi connectivity index (χ1n) is 22.5. The maximum absolute atomic E-state index is 13.9. The van der Waals surface area contributed by atoms with Crippen LogP contribution in [0.5, 0.6) is 23.0 Å². The summed E-state index contributed by atoms with van der Waals surface area (Å²) in [6, 6.07) is 14.8. The van der Waals surface area contributed by atoms with Crippen LogP contribution in [-0.4, -0.2) is 84.3 Å². The predicted octanol–water partition coefficient (Wildman–Crippen LogP) is 7.10. The third kappa shape index (κ3) is 8.76. The summed E-state index contributed by atoms with van der Waals surface area (Å²) in [6.45, 7) is 12.2. The standard InChI is InChI=1S/C49H50N14O4/c1-31(2)61-20-8-22-63-47(65)39(28-53-49(61)63)41-10-12-45(33(4)57-41)67-37-14-16-51-43(24-37)35-26-55-60(30-35)19-6-17-59-18-7-21-62-46(64)38(27-52-48(59)62)40-9-11-44(32(3)56-40)66-36-13-15-50-42(23-36)34-25-54-58(5)29-34/h9-16,23-31H,6-8,17-22H2,1-5H3. The Kier molecular flexibility index (Phi) is 11.6. The number of fused-ring (bicyclic) bond motifs is 2. The molecule has 0 bridgehead atoms. The van der Waals surface area contributed by atoms with E-state index in [4.69, 9.17) is 24.4 Å². The van der Waals surface area contributed by atoms with Gasteiger partial charge in [0.1, 0.15) is 23.0 Å². The van der Waals surface area contributed by atoms with E-state index in [0.717, 1.165) is 54.9 Å². The Bertz CT molecular complexity index is 3240. The van der Waals surface area contributed by atoms with Gasteiger partial charge in [-0.1, -0.05) is 0 Å². The summed E-state index contributed by atoms with van der Waals surface area (Å²) in [6.07, 6.45) is 16.6. The van der Waals surface area contributed by atoms with Crippen LogP contribution < -0.4 is 30.4 Å². The van der Waals surface area contributed by atoms with Gasteiger partial charge in [-0.15, -0.1) is 0 Å². The summed E-state index contributed by atoms with van der Waals surface area (Å²) < 4.78 is 19.6. The summed E-state index contributed by atoms with van der Waals surface area (Å²) in [5, 5.41) is 8.86. The Morgan fingerprint density at radius 2 is 1.18 bits per heavy atom. The first-order chi connectivity index (χ1) is 32.6. The molecule has 0 N–H and O–H groups in total. The lowest BCUT2D eigenvalue weighted by Crippen LogP contribution is -2.42. The number of nitrogens with zero attached hydrogens (tertiary/aromatic N) is 14. The monoisotopic (exact) mass is 898 g/mol. The first kappa shape index (κ1) is 42.9. The zero-order chi connectivity index (χ0) is 46.2. The molecule has 0 aliphatic carbocycles. The van der Waals surface area contributed by atoms with Crippen LogP contribution in [-0.2, 0) is 26.7 Å². The van der Waals surface area contributed by atoms with Gasteiger partial charge in [-0.2, -0.15) is 10.2 Å². The van der Waals surface area contributed by atoms with Crippen molar-refractivity contribution in [3.8, 4) is 68.0 Å². The Balaban J connectivity index is 0.763.